The number of ether oxygens (including phenoxy) is 2. The smallest absolute Gasteiger partial charge is 0.158 e. The highest BCUT2D eigenvalue weighted by Gasteiger charge is 2.21. The van der Waals surface area contributed by atoms with Crippen LogP contribution in [0, 0.1) is 0 Å². The molecule has 1 aliphatic rings. The topological polar surface area (TPSA) is 18.5 Å². The minimum Gasteiger partial charge on any atom is -0.350 e. The first-order valence-electron chi connectivity index (χ1n) is 3.26. The van der Waals surface area contributed by atoms with Crippen molar-refractivity contribution in [2.24, 2.45) is 0 Å². The van der Waals surface area contributed by atoms with Crippen LogP contribution in [-0.2, 0) is 9.47 Å². The van der Waals surface area contributed by atoms with E-state index in [1.807, 2.05) is 6.92 Å². The van der Waals surface area contributed by atoms with Gasteiger partial charge in [-0.25, -0.2) is 0 Å². The Bertz CT molecular complexity index is 101. The van der Waals surface area contributed by atoms with Gasteiger partial charge in [-0.15, -0.1) is 6.58 Å². The highest BCUT2D eigenvalue weighted by atomic mass is 16.7. The lowest BCUT2D eigenvalue weighted by atomic mass is 10.4. The Labute approximate surface area is 55.5 Å². The third-order valence-corrected chi connectivity index (χ3v) is 1.37. The van der Waals surface area contributed by atoms with Crippen molar-refractivity contribution in [3.05, 3.63) is 12.7 Å². The molecule has 1 fully saturated rings. The maximum Gasteiger partial charge on any atom is 0.158 e. The lowest BCUT2D eigenvalue weighted by Crippen LogP contribution is -2.07. The SMILES string of the molecule is C=CC1COC(CC)O1. The molecule has 0 N–H and O–H groups in total. The van der Waals surface area contributed by atoms with Gasteiger partial charge in [0.2, 0.25) is 0 Å². The molecule has 0 amide bonds. The fourth-order valence-corrected chi connectivity index (χ4v) is 0.813. The third-order valence-electron chi connectivity index (χ3n) is 1.37. The average molecular weight is 128 g/mol. The van der Waals surface area contributed by atoms with Gasteiger partial charge in [0.15, 0.2) is 6.29 Å². The predicted octanol–water partition coefficient (Wildman–Crippen LogP) is 1.32. The van der Waals surface area contributed by atoms with E-state index in [0.717, 1.165) is 6.42 Å². The zero-order valence-electron chi connectivity index (χ0n) is 5.67. The van der Waals surface area contributed by atoms with Crippen molar-refractivity contribution in [1.82, 2.24) is 0 Å². The molecule has 0 spiro atoms. The summed E-state index contributed by atoms with van der Waals surface area (Å²) in [6, 6.07) is 0. The largest absolute Gasteiger partial charge is 0.350 e. The van der Waals surface area contributed by atoms with Gasteiger partial charge in [0, 0.05) is 0 Å². The van der Waals surface area contributed by atoms with Crippen LogP contribution in [-0.4, -0.2) is 19.0 Å². The van der Waals surface area contributed by atoms with E-state index < -0.39 is 0 Å². The van der Waals surface area contributed by atoms with E-state index >= 15 is 0 Å². The van der Waals surface area contributed by atoms with Gasteiger partial charge in [0.1, 0.15) is 6.10 Å². The van der Waals surface area contributed by atoms with Crippen molar-refractivity contribution in [3.63, 3.8) is 0 Å². The molecule has 2 unspecified atom stereocenters. The fourth-order valence-electron chi connectivity index (χ4n) is 0.813. The van der Waals surface area contributed by atoms with Crippen molar-refractivity contribution >= 4 is 0 Å². The molecule has 1 heterocycles. The van der Waals surface area contributed by atoms with E-state index in [9.17, 15) is 0 Å². The average Bonchev–Trinajstić information content (AvgIpc) is 2.34. The zero-order valence-corrected chi connectivity index (χ0v) is 5.67. The summed E-state index contributed by atoms with van der Waals surface area (Å²) in [6.07, 6.45) is 2.82. The molecule has 0 radical (unpaired) electrons. The van der Waals surface area contributed by atoms with Crippen molar-refractivity contribution in [2.75, 3.05) is 6.61 Å². The second kappa shape index (κ2) is 2.99. The van der Waals surface area contributed by atoms with Crippen LogP contribution in [0.1, 0.15) is 13.3 Å². The van der Waals surface area contributed by atoms with Gasteiger partial charge in [0.05, 0.1) is 6.61 Å². The second-order valence-corrected chi connectivity index (χ2v) is 2.08. The number of hydrogen-bond donors (Lipinski definition) is 0. The Morgan fingerprint density at radius 3 is 2.89 bits per heavy atom. The summed E-state index contributed by atoms with van der Waals surface area (Å²) < 4.78 is 10.5. The Morgan fingerprint density at radius 1 is 1.78 bits per heavy atom. The Morgan fingerprint density at radius 2 is 2.56 bits per heavy atom. The van der Waals surface area contributed by atoms with E-state index in [2.05, 4.69) is 6.58 Å². The molecule has 0 aliphatic carbocycles. The molecule has 52 valence electrons. The van der Waals surface area contributed by atoms with Crippen LogP contribution in [0.4, 0.5) is 0 Å². The van der Waals surface area contributed by atoms with E-state index in [1.165, 1.54) is 0 Å². The van der Waals surface area contributed by atoms with Crippen molar-refractivity contribution in [3.8, 4) is 0 Å². The molecule has 0 bridgehead atoms. The zero-order chi connectivity index (χ0) is 6.69. The summed E-state index contributed by atoms with van der Waals surface area (Å²) in [5.74, 6) is 0. The van der Waals surface area contributed by atoms with Gasteiger partial charge in [-0.2, -0.15) is 0 Å². The quantitative estimate of drug-likeness (QED) is 0.522. The van der Waals surface area contributed by atoms with Gasteiger partial charge in [-0.3, -0.25) is 0 Å². The summed E-state index contributed by atoms with van der Waals surface area (Å²) in [5.41, 5.74) is 0. The van der Waals surface area contributed by atoms with Crippen LogP contribution in [0.2, 0.25) is 0 Å². The molecule has 9 heavy (non-hydrogen) atoms. The normalized spacial score (nSPS) is 34.8. The first-order valence-corrected chi connectivity index (χ1v) is 3.26. The molecule has 0 aromatic carbocycles. The second-order valence-electron chi connectivity index (χ2n) is 2.08. The van der Waals surface area contributed by atoms with Crippen LogP contribution in [0.15, 0.2) is 12.7 Å². The first-order chi connectivity index (χ1) is 4.36. The molecule has 1 rings (SSSR count). The highest BCUT2D eigenvalue weighted by molar-refractivity contribution is 4.82. The fraction of sp³-hybridized carbons (Fsp3) is 0.714. The number of hydrogen-bond acceptors (Lipinski definition) is 2. The standard InChI is InChI=1S/C7H12O2/c1-3-6-5-8-7(4-2)9-6/h3,6-7H,1,4-5H2,2H3. The summed E-state index contributed by atoms with van der Waals surface area (Å²) in [4.78, 5) is 0. The molecule has 1 aliphatic heterocycles. The molecule has 2 nitrogen and oxygen atoms in total. The van der Waals surface area contributed by atoms with Gasteiger partial charge < -0.3 is 9.47 Å². The Balaban J connectivity index is 2.28. The summed E-state index contributed by atoms with van der Waals surface area (Å²) >= 11 is 0. The molecule has 0 aromatic heterocycles. The lowest BCUT2D eigenvalue weighted by Gasteiger charge is -2.04. The molecule has 1 saturated heterocycles. The van der Waals surface area contributed by atoms with Crippen molar-refractivity contribution in [2.45, 2.75) is 25.7 Å². The Hall–Kier alpha value is -0.340. The Kier molecular flexibility index (Phi) is 2.25. The van der Waals surface area contributed by atoms with Crippen LogP contribution >= 0.6 is 0 Å². The van der Waals surface area contributed by atoms with E-state index in [1.54, 1.807) is 6.08 Å². The van der Waals surface area contributed by atoms with Crippen molar-refractivity contribution in [1.29, 1.82) is 0 Å². The summed E-state index contributed by atoms with van der Waals surface area (Å²) in [7, 11) is 0. The van der Waals surface area contributed by atoms with Gasteiger partial charge in [-0.1, -0.05) is 13.0 Å². The van der Waals surface area contributed by atoms with Crippen LogP contribution in [0.25, 0.3) is 0 Å². The monoisotopic (exact) mass is 128 g/mol. The van der Waals surface area contributed by atoms with Crippen LogP contribution in [0.3, 0.4) is 0 Å². The molecule has 0 aromatic rings. The first kappa shape index (κ1) is 6.78. The lowest BCUT2D eigenvalue weighted by molar-refractivity contribution is -0.0519. The van der Waals surface area contributed by atoms with E-state index in [4.69, 9.17) is 9.47 Å². The van der Waals surface area contributed by atoms with Gasteiger partial charge >= 0.3 is 0 Å². The molecule has 2 atom stereocenters. The minimum absolute atomic E-state index is 0.00741. The summed E-state index contributed by atoms with van der Waals surface area (Å²) in [6.45, 7) is 6.31. The highest BCUT2D eigenvalue weighted by Crippen LogP contribution is 2.13. The van der Waals surface area contributed by atoms with E-state index in [0.29, 0.717) is 6.61 Å². The van der Waals surface area contributed by atoms with Gasteiger partial charge in [0.25, 0.3) is 0 Å². The maximum absolute atomic E-state index is 5.32. The van der Waals surface area contributed by atoms with Crippen molar-refractivity contribution < 1.29 is 9.47 Å². The molecular weight excluding hydrogens is 116 g/mol. The predicted molar refractivity (Wildman–Crippen MR) is 35.1 cm³/mol. The van der Waals surface area contributed by atoms with Gasteiger partial charge in [-0.05, 0) is 6.42 Å². The molecule has 2 heteroatoms. The minimum atomic E-state index is 0.00741. The third kappa shape index (κ3) is 1.53. The van der Waals surface area contributed by atoms with Crippen LogP contribution < -0.4 is 0 Å². The van der Waals surface area contributed by atoms with Crippen LogP contribution in [0.5, 0.6) is 0 Å². The molecule has 0 saturated carbocycles. The molecular formula is C7H12O2. The summed E-state index contributed by atoms with van der Waals surface area (Å²) in [5, 5.41) is 0. The maximum atomic E-state index is 5.32. The number of rotatable bonds is 2. The van der Waals surface area contributed by atoms with E-state index in [-0.39, 0.29) is 12.4 Å².